The van der Waals surface area contributed by atoms with Crippen LogP contribution in [-0.4, -0.2) is 13.1 Å². The number of carbonyl (C=O) groups excluding carboxylic acids is 1. The zero-order valence-electron chi connectivity index (χ0n) is 16.9. The SMILES string of the molecule is COc1ccc(N2NOC(=O)/C2=C2/CC(c3ccccc3)N=c3ccccc3=N2)cc1. The summed E-state index contributed by atoms with van der Waals surface area (Å²) < 4.78 is 5.23. The van der Waals surface area contributed by atoms with Crippen LogP contribution in [0.3, 0.4) is 0 Å². The van der Waals surface area contributed by atoms with Gasteiger partial charge in [0.15, 0.2) is 5.70 Å². The molecule has 1 N–H and O–H groups in total. The lowest BCUT2D eigenvalue weighted by Gasteiger charge is -2.18. The Labute approximate surface area is 178 Å². The summed E-state index contributed by atoms with van der Waals surface area (Å²) in [6.07, 6.45) is 0.456. The van der Waals surface area contributed by atoms with Crippen molar-refractivity contribution in [1.29, 1.82) is 0 Å². The zero-order chi connectivity index (χ0) is 21.2. The second-order valence-corrected chi connectivity index (χ2v) is 7.17. The molecule has 1 atom stereocenters. The fourth-order valence-corrected chi connectivity index (χ4v) is 3.71. The number of hydrogen-bond acceptors (Lipinski definition) is 7. The van der Waals surface area contributed by atoms with Crippen molar-refractivity contribution in [2.24, 2.45) is 9.98 Å². The number of hydrogen-bond donors (Lipinski definition) is 1. The summed E-state index contributed by atoms with van der Waals surface area (Å²) in [4.78, 5) is 27.7. The Kier molecular flexibility index (Phi) is 4.93. The van der Waals surface area contributed by atoms with Crippen LogP contribution in [0.1, 0.15) is 18.0 Å². The minimum absolute atomic E-state index is 0.179. The van der Waals surface area contributed by atoms with E-state index in [0.29, 0.717) is 17.8 Å². The molecule has 0 spiro atoms. The number of hydrazine groups is 1. The van der Waals surface area contributed by atoms with Crippen LogP contribution in [0, 0.1) is 0 Å². The second-order valence-electron chi connectivity index (χ2n) is 7.17. The Bertz CT molecular complexity index is 1270. The Balaban J connectivity index is 1.67. The average molecular weight is 412 g/mol. The van der Waals surface area contributed by atoms with Crippen LogP contribution in [0.15, 0.2) is 100 Å². The molecule has 2 heterocycles. The second kappa shape index (κ2) is 8.04. The maximum absolute atomic E-state index is 12.7. The highest BCUT2D eigenvalue weighted by Gasteiger charge is 2.34. The summed E-state index contributed by atoms with van der Waals surface area (Å²) in [5, 5.41) is 3.12. The summed E-state index contributed by atoms with van der Waals surface area (Å²) in [6, 6.07) is 24.9. The summed E-state index contributed by atoms with van der Waals surface area (Å²) >= 11 is 0. The van der Waals surface area contributed by atoms with Gasteiger partial charge in [-0.15, -0.1) is 0 Å². The van der Waals surface area contributed by atoms with Gasteiger partial charge in [0.2, 0.25) is 0 Å². The molecule has 5 rings (SSSR count). The Morgan fingerprint density at radius 2 is 1.68 bits per heavy atom. The lowest BCUT2D eigenvalue weighted by atomic mass is 10.0. The predicted molar refractivity (Wildman–Crippen MR) is 114 cm³/mol. The minimum Gasteiger partial charge on any atom is -0.497 e. The quantitative estimate of drug-likeness (QED) is 0.670. The number of carbonyl (C=O) groups is 1. The van der Waals surface area contributed by atoms with E-state index in [-0.39, 0.29) is 6.04 Å². The van der Waals surface area contributed by atoms with Crippen molar-refractivity contribution < 1.29 is 14.4 Å². The van der Waals surface area contributed by atoms with E-state index >= 15 is 0 Å². The van der Waals surface area contributed by atoms with Crippen LogP contribution in [0.4, 0.5) is 5.69 Å². The largest absolute Gasteiger partial charge is 0.497 e. The van der Waals surface area contributed by atoms with E-state index in [9.17, 15) is 4.79 Å². The number of anilines is 1. The van der Waals surface area contributed by atoms with E-state index in [1.54, 1.807) is 12.1 Å². The molecule has 0 aliphatic carbocycles. The fraction of sp³-hybridized carbons (Fsp3) is 0.125. The standard InChI is InChI=1S/C24H20N4O3/c1-30-18-13-11-17(12-14-18)28-23(24(29)31-27-28)22-15-21(16-7-3-2-4-8-16)25-19-9-5-6-10-20(19)26-22/h2-14,21,27H,15H2,1H3/b23-22+. The highest BCUT2D eigenvalue weighted by molar-refractivity contribution is 5.95. The van der Waals surface area contributed by atoms with Crippen LogP contribution < -0.4 is 26.0 Å². The molecule has 1 fully saturated rings. The van der Waals surface area contributed by atoms with Gasteiger partial charge in [0.05, 0.1) is 35.3 Å². The van der Waals surface area contributed by atoms with E-state index in [1.807, 2.05) is 78.9 Å². The first kappa shape index (κ1) is 19.0. The Morgan fingerprint density at radius 3 is 2.42 bits per heavy atom. The third-order valence-corrected chi connectivity index (χ3v) is 5.25. The van der Waals surface area contributed by atoms with E-state index in [0.717, 1.165) is 27.7 Å². The topological polar surface area (TPSA) is 75.5 Å². The zero-order valence-corrected chi connectivity index (χ0v) is 16.9. The van der Waals surface area contributed by atoms with Gasteiger partial charge in [-0.3, -0.25) is 4.99 Å². The van der Waals surface area contributed by atoms with Crippen LogP contribution in [0.5, 0.6) is 5.75 Å². The third kappa shape index (κ3) is 3.67. The van der Waals surface area contributed by atoms with Crippen molar-refractivity contribution >= 4 is 11.7 Å². The first-order valence-electron chi connectivity index (χ1n) is 9.93. The van der Waals surface area contributed by atoms with E-state index in [2.05, 4.69) is 5.59 Å². The lowest BCUT2D eigenvalue weighted by Crippen LogP contribution is -2.29. The van der Waals surface area contributed by atoms with Crippen LogP contribution in [0.2, 0.25) is 0 Å². The molecule has 0 amide bonds. The molecule has 3 aromatic carbocycles. The van der Waals surface area contributed by atoms with Gasteiger partial charge < -0.3 is 9.57 Å². The minimum atomic E-state index is -0.485. The monoisotopic (exact) mass is 412 g/mol. The van der Waals surface area contributed by atoms with E-state index in [4.69, 9.17) is 19.6 Å². The number of benzene rings is 3. The molecule has 2 aliphatic heterocycles. The van der Waals surface area contributed by atoms with Crippen molar-refractivity contribution in [3.63, 3.8) is 0 Å². The van der Waals surface area contributed by atoms with E-state index in [1.165, 1.54) is 0 Å². The molecule has 31 heavy (non-hydrogen) atoms. The molecule has 1 saturated heterocycles. The molecule has 7 nitrogen and oxygen atoms in total. The van der Waals surface area contributed by atoms with Gasteiger partial charge >= 0.3 is 5.97 Å². The molecule has 7 heteroatoms. The fourth-order valence-electron chi connectivity index (χ4n) is 3.71. The van der Waals surface area contributed by atoms with E-state index < -0.39 is 5.97 Å². The average Bonchev–Trinajstić information content (AvgIpc) is 3.09. The molecular weight excluding hydrogens is 392 g/mol. The van der Waals surface area contributed by atoms with Crippen LogP contribution >= 0.6 is 0 Å². The van der Waals surface area contributed by atoms with Gasteiger partial charge in [0.25, 0.3) is 0 Å². The third-order valence-electron chi connectivity index (χ3n) is 5.25. The molecule has 2 aliphatic rings. The van der Waals surface area contributed by atoms with Crippen molar-refractivity contribution in [3.05, 3.63) is 107 Å². The van der Waals surface area contributed by atoms with Crippen LogP contribution in [-0.2, 0) is 9.63 Å². The Hall–Kier alpha value is -3.97. The maximum Gasteiger partial charge on any atom is 0.378 e. The maximum atomic E-state index is 12.7. The first-order chi connectivity index (χ1) is 15.2. The van der Waals surface area contributed by atoms with Gasteiger partial charge in [0, 0.05) is 6.42 Å². The van der Waals surface area contributed by atoms with Gasteiger partial charge in [-0.25, -0.2) is 14.8 Å². The van der Waals surface area contributed by atoms with Crippen molar-refractivity contribution in [2.75, 3.05) is 12.1 Å². The lowest BCUT2D eigenvalue weighted by molar-refractivity contribution is -0.140. The highest BCUT2D eigenvalue weighted by Crippen LogP contribution is 2.32. The molecule has 3 aromatic rings. The predicted octanol–water partition coefficient (Wildman–Crippen LogP) is 2.77. The number of methoxy groups -OCH3 is 1. The van der Waals surface area contributed by atoms with Crippen LogP contribution in [0.25, 0.3) is 0 Å². The van der Waals surface area contributed by atoms with Gasteiger partial charge in [-0.1, -0.05) is 48.1 Å². The Morgan fingerprint density at radius 1 is 0.968 bits per heavy atom. The summed E-state index contributed by atoms with van der Waals surface area (Å²) in [7, 11) is 1.61. The molecule has 1 unspecified atom stereocenters. The molecule has 0 saturated carbocycles. The number of nitrogens with zero attached hydrogens (tertiary/aromatic N) is 3. The number of fused-ring (bicyclic) bond motifs is 1. The number of ether oxygens (including phenoxy) is 1. The van der Waals surface area contributed by atoms with Crippen molar-refractivity contribution in [2.45, 2.75) is 12.5 Å². The van der Waals surface area contributed by atoms with Gasteiger partial charge in [0.1, 0.15) is 5.75 Å². The molecule has 0 radical (unpaired) electrons. The van der Waals surface area contributed by atoms with Gasteiger partial charge in [-0.05, 0) is 42.0 Å². The molecule has 0 bridgehead atoms. The molecular formula is C24H20N4O3. The number of nitrogens with one attached hydrogen (secondary N) is 1. The normalized spacial score (nSPS) is 20.2. The molecule has 154 valence electrons. The number of para-hydroxylation sites is 2. The summed E-state index contributed by atoms with van der Waals surface area (Å²) in [5.41, 5.74) is 5.44. The highest BCUT2D eigenvalue weighted by atomic mass is 16.7. The van der Waals surface area contributed by atoms with Crippen molar-refractivity contribution in [3.8, 4) is 5.75 Å². The summed E-state index contributed by atoms with van der Waals surface area (Å²) in [6.45, 7) is 0. The number of rotatable bonds is 3. The van der Waals surface area contributed by atoms with Gasteiger partial charge in [-0.2, -0.15) is 0 Å². The summed E-state index contributed by atoms with van der Waals surface area (Å²) in [5.74, 6) is 0.237. The molecule has 0 aromatic heterocycles. The van der Waals surface area contributed by atoms with Crippen molar-refractivity contribution in [1.82, 2.24) is 5.59 Å². The smallest absolute Gasteiger partial charge is 0.378 e. The first-order valence-corrected chi connectivity index (χ1v) is 9.93.